The topological polar surface area (TPSA) is 85.7 Å². The van der Waals surface area contributed by atoms with Gasteiger partial charge >= 0.3 is 0 Å². The summed E-state index contributed by atoms with van der Waals surface area (Å²) in [6, 6.07) is 18.8. The number of rotatable bonds is 7. The Morgan fingerprint density at radius 2 is 1.77 bits per heavy atom. The van der Waals surface area contributed by atoms with E-state index >= 15 is 4.39 Å². The first-order chi connectivity index (χ1) is 18.7. The molecule has 10 heteroatoms. The van der Waals surface area contributed by atoms with Crippen LogP contribution in [0.15, 0.2) is 72.8 Å². The molecule has 0 spiro atoms. The Labute approximate surface area is 223 Å². The van der Waals surface area contributed by atoms with Crippen molar-refractivity contribution in [3.63, 3.8) is 0 Å². The lowest BCUT2D eigenvalue weighted by Gasteiger charge is -2.43. The number of methoxy groups -OCH3 is 2. The lowest BCUT2D eigenvalue weighted by atomic mass is 9.93. The van der Waals surface area contributed by atoms with Gasteiger partial charge in [-0.3, -0.25) is 19.2 Å². The molecule has 0 aliphatic carbocycles. The van der Waals surface area contributed by atoms with Crippen molar-refractivity contribution in [3.05, 3.63) is 95.7 Å². The molecule has 1 aliphatic heterocycles. The van der Waals surface area contributed by atoms with E-state index < -0.39 is 29.0 Å². The smallest absolute Gasteiger partial charge is 0.277 e. The van der Waals surface area contributed by atoms with Crippen molar-refractivity contribution in [2.45, 2.75) is 25.6 Å². The number of aromatic nitrogens is 2. The predicted octanol–water partition coefficient (Wildman–Crippen LogP) is 4.58. The van der Waals surface area contributed by atoms with E-state index in [1.54, 1.807) is 49.6 Å². The van der Waals surface area contributed by atoms with Gasteiger partial charge in [-0.05, 0) is 55.5 Å². The number of fused-ring (bicyclic) bond motifs is 1. The first kappa shape index (κ1) is 25.9. The van der Waals surface area contributed by atoms with E-state index in [0.717, 1.165) is 28.2 Å². The minimum Gasteiger partial charge on any atom is -0.497 e. The summed E-state index contributed by atoms with van der Waals surface area (Å²) in [6.45, 7) is 1.57. The minimum atomic E-state index is -1.60. The second kappa shape index (κ2) is 10.2. The molecule has 0 fully saturated rings. The molecule has 1 aliphatic rings. The Morgan fingerprint density at radius 1 is 1.03 bits per heavy atom. The van der Waals surface area contributed by atoms with E-state index in [1.807, 2.05) is 12.1 Å². The number of ether oxygens (including phenoxy) is 2. The van der Waals surface area contributed by atoms with E-state index in [0.29, 0.717) is 23.3 Å². The van der Waals surface area contributed by atoms with Crippen molar-refractivity contribution in [1.82, 2.24) is 15.1 Å². The number of nitrogens with zero attached hydrogens (tertiary/aromatic N) is 3. The second-order valence-corrected chi connectivity index (χ2v) is 9.31. The molecule has 1 aromatic heterocycles. The monoisotopic (exact) mass is 532 g/mol. The molecular formula is C29H26F2N4O4. The molecule has 1 N–H and O–H groups in total. The Balaban J connectivity index is 1.55. The molecule has 0 bridgehead atoms. The SMILES string of the molecule is COc1ccc(-c2cc3n(n2)C[C@@](C)(C(=O)NCc2ccccc2OC)N(c2ccc(F)cc2F)C3=O)cc1. The first-order valence-electron chi connectivity index (χ1n) is 12.2. The maximum atomic E-state index is 15.1. The van der Waals surface area contributed by atoms with Gasteiger partial charge in [0.05, 0.1) is 32.1 Å². The van der Waals surface area contributed by atoms with Gasteiger partial charge in [0.15, 0.2) is 0 Å². The van der Waals surface area contributed by atoms with Crippen LogP contribution in [0.5, 0.6) is 11.5 Å². The van der Waals surface area contributed by atoms with Crippen molar-refractivity contribution in [3.8, 4) is 22.8 Å². The van der Waals surface area contributed by atoms with Gasteiger partial charge in [-0.15, -0.1) is 0 Å². The lowest BCUT2D eigenvalue weighted by molar-refractivity contribution is -0.126. The van der Waals surface area contributed by atoms with Crippen LogP contribution in [-0.2, 0) is 17.9 Å². The average Bonchev–Trinajstić information content (AvgIpc) is 3.37. The predicted molar refractivity (Wildman–Crippen MR) is 141 cm³/mol. The zero-order valence-corrected chi connectivity index (χ0v) is 21.6. The maximum absolute atomic E-state index is 15.1. The third kappa shape index (κ3) is 4.69. The Kier molecular flexibility index (Phi) is 6.78. The Hall–Kier alpha value is -4.73. The standard InChI is InChI=1S/C29H26F2N4O4/c1-29(28(37)32-16-19-6-4-5-7-26(19)39-3)17-34-25(15-23(33-34)18-8-11-21(38-2)12-9-18)27(36)35(29)24-13-10-20(30)14-22(24)31/h4-15H,16-17H2,1-3H3,(H,32,37)/t29-/m0/s1. The Bertz CT molecular complexity index is 1550. The summed E-state index contributed by atoms with van der Waals surface area (Å²) in [5.41, 5.74) is 0.301. The van der Waals surface area contributed by atoms with Crippen LogP contribution in [0.2, 0.25) is 0 Å². The third-order valence-corrected chi connectivity index (χ3v) is 6.81. The van der Waals surface area contributed by atoms with Crippen LogP contribution in [0.25, 0.3) is 11.3 Å². The van der Waals surface area contributed by atoms with Crippen molar-refractivity contribution in [1.29, 1.82) is 0 Å². The summed E-state index contributed by atoms with van der Waals surface area (Å²) in [6.07, 6.45) is 0. The molecule has 5 rings (SSSR count). The fraction of sp³-hybridized carbons (Fsp3) is 0.207. The quantitative estimate of drug-likeness (QED) is 0.377. The minimum absolute atomic E-state index is 0.0706. The van der Waals surface area contributed by atoms with Crippen molar-refractivity contribution in [2.24, 2.45) is 0 Å². The van der Waals surface area contributed by atoms with Gasteiger partial charge in [0.25, 0.3) is 5.91 Å². The lowest BCUT2D eigenvalue weighted by Crippen LogP contribution is -2.64. The molecule has 3 aromatic carbocycles. The molecule has 39 heavy (non-hydrogen) atoms. The summed E-state index contributed by atoms with van der Waals surface area (Å²) in [5, 5.41) is 7.44. The summed E-state index contributed by atoms with van der Waals surface area (Å²) in [4.78, 5) is 28.7. The highest BCUT2D eigenvalue weighted by atomic mass is 19.1. The van der Waals surface area contributed by atoms with Gasteiger partial charge in [-0.2, -0.15) is 5.10 Å². The molecule has 4 aromatic rings. The van der Waals surface area contributed by atoms with Gasteiger partial charge in [0, 0.05) is 23.7 Å². The number of hydrogen-bond acceptors (Lipinski definition) is 5. The van der Waals surface area contributed by atoms with Crippen molar-refractivity contribution < 1.29 is 27.8 Å². The molecule has 1 atom stereocenters. The number of para-hydroxylation sites is 1. The van der Waals surface area contributed by atoms with E-state index in [-0.39, 0.29) is 24.5 Å². The highest BCUT2D eigenvalue weighted by Crippen LogP contribution is 2.36. The number of carbonyl (C=O) groups excluding carboxylic acids is 2. The van der Waals surface area contributed by atoms with Crippen LogP contribution in [0.4, 0.5) is 14.5 Å². The fourth-order valence-corrected chi connectivity index (χ4v) is 4.74. The maximum Gasteiger partial charge on any atom is 0.277 e. The number of halogens is 2. The zero-order valence-electron chi connectivity index (χ0n) is 21.6. The molecule has 0 saturated carbocycles. The van der Waals surface area contributed by atoms with E-state index in [2.05, 4.69) is 10.4 Å². The third-order valence-electron chi connectivity index (χ3n) is 6.81. The van der Waals surface area contributed by atoms with Crippen molar-refractivity contribution in [2.75, 3.05) is 19.1 Å². The first-order valence-corrected chi connectivity index (χ1v) is 12.2. The number of nitrogens with one attached hydrogen (secondary N) is 1. The van der Waals surface area contributed by atoms with E-state index in [1.165, 1.54) is 18.7 Å². The highest BCUT2D eigenvalue weighted by Gasteiger charge is 2.49. The fourth-order valence-electron chi connectivity index (χ4n) is 4.74. The van der Waals surface area contributed by atoms with Crippen LogP contribution in [0.3, 0.4) is 0 Å². The summed E-state index contributed by atoms with van der Waals surface area (Å²) < 4.78 is 40.9. The van der Waals surface area contributed by atoms with E-state index in [9.17, 15) is 14.0 Å². The molecule has 0 radical (unpaired) electrons. The van der Waals surface area contributed by atoms with Crippen LogP contribution in [0, 0.1) is 11.6 Å². The molecule has 2 amide bonds. The van der Waals surface area contributed by atoms with Gasteiger partial charge in [-0.25, -0.2) is 8.78 Å². The van der Waals surface area contributed by atoms with Gasteiger partial charge < -0.3 is 14.8 Å². The average molecular weight is 533 g/mol. The largest absolute Gasteiger partial charge is 0.497 e. The van der Waals surface area contributed by atoms with Crippen LogP contribution < -0.4 is 19.7 Å². The van der Waals surface area contributed by atoms with Crippen LogP contribution in [0.1, 0.15) is 23.0 Å². The molecular weight excluding hydrogens is 506 g/mol. The van der Waals surface area contributed by atoms with Crippen LogP contribution >= 0.6 is 0 Å². The number of carbonyl (C=O) groups is 2. The molecule has 8 nitrogen and oxygen atoms in total. The Morgan fingerprint density at radius 3 is 2.46 bits per heavy atom. The molecule has 0 unspecified atom stereocenters. The zero-order chi connectivity index (χ0) is 27.7. The number of hydrogen-bond donors (Lipinski definition) is 1. The summed E-state index contributed by atoms with van der Waals surface area (Å²) in [5.74, 6) is -1.70. The summed E-state index contributed by atoms with van der Waals surface area (Å²) >= 11 is 0. The van der Waals surface area contributed by atoms with Gasteiger partial charge in [-0.1, -0.05) is 18.2 Å². The number of benzene rings is 3. The second-order valence-electron chi connectivity index (χ2n) is 9.31. The molecule has 200 valence electrons. The molecule has 2 heterocycles. The summed E-state index contributed by atoms with van der Waals surface area (Å²) in [7, 11) is 3.09. The van der Waals surface area contributed by atoms with Gasteiger partial charge in [0.1, 0.15) is 34.4 Å². The molecule has 0 saturated heterocycles. The normalized spacial score (nSPS) is 16.5. The van der Waals surface area contributed by atoms with E-state index in [4.69, 9.17) is 9.47 Å². The number of anilines is 1. The van der Waals surface area contributed by atoms with Gasteiger partial charge in [0.2, 0.25) is 5.91 Å². The van der Waals surface area contributed by atoms with Crippen molar-refractivity contribution >= 4 is 17.5 Å². The number of amides is 2. The van der Waals surface area contributed by atoms with Crippen LogP contribution in [-0.4, -0.2) is 41.4 Å². The highest BCUT2D eigenvalue weighted by molar-refractivity contribution is 6.12.